The summed E-state index contributed by atoms with van der Waals surface area (Å²) in [5, 5.41) is 0.251. The van der Waals surface area contributed by atoms with Crippen LogP contribution < -0.4 is 27.0 Å². The number of aryl methyl sites for hydroxylation is 1. The Morgan fingerprint density at radius 1 is 1.22 bits per heavy atom. The largest absolute Gasteiger partial charge is 0.308 e. The maximum Gasteiger partial charge on any atom is 0.228 e. The number of para-hydroxylation sites is 1. The van der Waals surface area contributed by atoms with E-state index in [1.165, 1.54) is 0 Å². The number of thiocarbonyl (C=S) groups is 1. The van der Waals surface area contributed by atoms with E-state index in [0.29, 0.717) is 13.1 Å². The fraction of sp³-hybridized carbons (Fsp3) is 0.200. The lowest BCUT2D eigenvalue weighted by molar-refractivity contribution is -0.118. The number of rotatable bonds is 7. The summed E-state index contributed by atoms with van der Waals surface area (Å²) in [5.74, 6) is 7.84. The van der Waals surface area contributed by atoms with Gasteiger partial charge < -0.3 is 4.90 Å². The van der Waals surface area contributed by atoms with Gasteiger partial charge in [0.25, 0.3) is 0 Å². The zero-order valence-corrected chi connectivity index (χ0v) is 16.0. The van der Waals surface area contributed by atoms with E-state index in [0.717, 1.165) is 22.4 Å². The third-order valence-electron chi connectivity index (χ3n) is 4.01. The number of anilines is 1. The van der Waals surface area contributed by atoms with Gasteiger partial charge in [-0.05, 0) is 42.4 Å². The van der Waals surface area contributed by atoms with Crippen LogP contribution in [0, 0.1) is 19.3 Å². The maximum absolute atomic E-state index is 12.9. The van der Waals surface area contributed by atoms with Crippen molar-refractivity contribution in [1.29, 1.82) is 0 Å². The van der Waals surface area contributed by atoms with Gasteiger partial charge in [-0.1, -0.05) is 42.3 Å². The third-order valence-corrected chi connectivity index (χ3v) is 4.23. The van der Waals surface area contributed by atoms with Crippen LogP contribution in [-0.4, -0.2) is 17.6 Å². The first-order valence-corrected chi connectivity index (χ1v) is 8.87. The molecule has 0 fully saturated rings. The van der Waals surface area contributed by atoms with Gasteiger partial charge in [0.1, 0.15) is 0 Å². The number of nitrogens with one attached hydrogen (secondary N) is 3. The number of carbonyl (C=O) groups excluding carboxylic acids is 1. The van der Waals surface area contributed by atoms with E-state index in [4.69, 9.17) is 24.5 Å². The molecule has 0 aliphatic heterocycles. The second kappa shape index (κ2) is 10.3. The van der Waals surface area contributed by atoms with Crippen molar-refractivity contribution in [3.05, 3.63) is 65.2 Å². The zero-order chi connectivity index (χ0) is 19.6. The Hall–Kier alpha value is -2.92. The van der Waals surface area contributed by atoms with Crippen LogP contribution in [0.2, 0.25) is 0 Å². The molecule has 1 amide bonds. The van der Waals surface area contributed by atoms with Gasteiger partial charge in [0.2, 0.25) is 5.91 Å². The Morgan fingerprint density at radius 3 is 2.63 bits per heavy atom. The van der Waals surface area contributed by atoms with Crippen LogP contribution in [0.25, 0.3) is 0 Å². The van der Waals surface area contributed by atoms with E-state index in [2.05, 4.69) is 22.2 Å². The average molecular weight is 382 g/mol. The minimum Gasteiger partial charge on any atom is -0.308 e. The van der Waals surface area contributed by atoms with Gasteiger partial charge in [0.05, 0.1) is 6.54 Å². The number of terminal acetylenes is 1. The first-order valence-electron chi connectivity index (χ1n) is 8.46. The smallest absolute Gasteiger partial charge is 0.228 e. The van der Waals surface area contributed by atoms with Crippen LogP contribution in [0.4, 0.5) is 5.69 Å². The summed E-state index contributed by atoms with van der Waals surface area (Å²) in [6.07, 6.45) is 5.88. The van der Waals surface area contributed by atoms with Gasteiger partial charge in [-0.15, -0.1) is 6.42 Å². The van der Waals surface area contributed by atoms with Crippen molar-refractivity contribution in [3.63, 3.8) is 0 Å². The molecule has 0 aromatic heterocycles. The first-order chi connectivity index (χ1) is 13.1. The number of nitrogens with two attached hydrogens (primary N) is 1. The van der Waals surface area contributed by atoms with Gasteiger partial charge in [-0.3, -0.25) is 15.6 Å². The van der Waals surface area contributed by atoms with Crippen LogP contribution in [0.5, 0.6) is 0 Å². The molecular weight excluding hydrogens is 358 g/mol. The molecule has 0 radical (unpaired) electrons. The molecular formula is C20H23N5OS. The Bertz CT molecular complexity index is 846. The molecule has 0 spiro atoms. The topological polar surface area (TPSA) is 82.4 Å². The number of carbonyl (C=O) groups is 1. The van der Waals surface area contributed by atoms with Crippen molar-refractivity contribution in [2.75, 3.05) is 11.4 Å². The van der Waals surface area contributed by atoms with E-state index >= 15 is 0 Å². The molecule has 2 aromatic carbocycles. The predicted octanol–water partition coefficient (Wildman–Crippen LogP) is 1.74. The summed E-state index contributed by atoms with van der Waals surface area (Å²) in [5.41, 5.74) is 11.4. The molecule has 0 bridgehead atoms. The number of nitrogens with zero attached hydrogens (tertiary/aromatic N) is 1. The summed E-state index contributed by atoms with van der Waals surface area (Å²) >= 11 is 4.87. The standard InChI is InChI=1S/C20H23N5OS/c1-3-16-9-5-6-10-17(16)14-25(18-11-7-4-8-15(18)2)19(26)12-13-22-24-20(27)23-21/h1,4-11,22H,12-14,21H2,2H3,(H2,23,24,27). The molecule has 27 heavy (non-hydrogen) atoms. The van der Waals surface area contributed by atoms with E-state index in [1.807, 2.05) is 55.5 Å². The van der Waals surface area contributed by atoms with Crippen molar-refractivity contribution < 1.29 is 4.79 Å². The molecule has 2 aromatic rings. The fourth-order valence-electron chi connectivity index (χ4n) is 2.63. The molecule has 0 saturated carbocycles. The third kappa shape index (κ3) is 5.79. The first kappa shape index (κ1) is 20.4. The molecule has 0 aliphatic carbocycles. The van der Waals surface area contributed by atoms with Crippen LogP contribution >= 0.6 is 12.2 Å². The second-order valence-corrected chi connectivity index (χ2v) is 6.25. The van der Waals surface area contributed by atoms with Crippen molar-refractivity contribution in [2.45, 2.75) is 19.9 Å². The molecule has 5 N–H and O–H groups in total. The van der Waals surface area contributed by atoms with Gasteiger partial charge in [-0.2, -0.15) is 0 Å². The normalized spacial score (nSPS) is 9.96. The molecule has 0 atom stereocenters. The summed E-state index contributed by atoms with van der Waals surface area (Å²) in [6.45, 7) is 2.77. The number of hydrogen-bond donors (Lipinski definition) is 4. The molecule has 2 rings (SSSR count). The summed E-state index contributed by atoms with van der Waals surface area (Å²) in [7, 11) is 0. The Kier molecular flexibility index (Phi) is 7.77. The lowest BCUT2D eigenvalue weighted by Crippen LogP contribution is -2.47. The molecule has 0 unspecified atom stereocenters. The number of hydrogen-bond acceptors (Lipinski definition) is 4. The van der Waals surface area contributed by atoms with E-state index in [9.17, 15) is 4.79 Å². The lowest BCUT2D eigenvalue weighted by Gasteiger charge is -2.25. The van der Waals surface area contributed by atoms with E-state index < -0.39 is 0 Å². The summed E-state index contributed by atoms with van der Waals surface area (Å²) < 4.78 is 0. The van der Waals surface area contributed by atoms with E-state index in [-0.39, 0.29) is 17.4 Å². The highest BCUT2D eigenvalue weighted by molar-refractivity contribution is 7.80. The minimum atomic E-state index is -0.0305. The Morgan fingerprint density at radius 2 is 1.93 bits per heavy atom. The number of hydrazine groups is 2. The van der Waals surface area contributed by atoms with E-state index in [1.54, 1.807) is 4.90 Å². The van der Waals surface area contributed by atoms with Gasteiger partial charge >= 0.3 is 0 Å². The molecule has 140 valence electrons. The van der Waals surface area contributed by atoms with Crippen molar-refractivity contribution in [1.82, 2.24) is 16.3 Å². The monoisotopic (exact) mass is 381 g/mol. The van der Waals surface area contributed by atoms with Crippen molar-refractivity contribution >= 4 is 28.9 Å². The van der Waals surface area contributed by atoms with Crippen LogP contribution in [-0.2, 0) is 11.3 Å². The van der Waals surface area contributed by atoms with Crippen molar-refractivity contribution in [2.24, 2.45) is 5.84 Å². The predicted molar refractivity (Wildman–Crippen MR) is 112 cm³/mol. The van der Waals surface area contributed by atoms with Gasteiger partial charge in [0.15, 0.2) is 5.11 Å². The molecule has 0 aliphatic rings. The quantitative estimate of drug-likeness (QED) is 0.192. The summed E-state index contributed by atoms with van der Waals surface area (Å²) in [4.78, 5) is 14.7. The van der Waals surface area contributed by atoms with Crippen molar-refractivity contribution in [3.8, 4) is 12.3 Å². The van der Waals surface area contributed by atoms with Crippen LogP contribution in [0.15, 0.2) is 48.5 Å². The zero-order valence-electron chi connectivity index (χ0n) is 15.2. The van der Waals surface area contributed by atoms with Gasteiger partial charge in [0, 0.05) is 24.2 Å². The highest BCUT2D eigenvalue weighted by Gasteiger charge is 2.18. The average Bonchev–Trinajstić information content (AvgIpc) is 2.70. The highest BCUT2D eigenvalue weighted by atomic mass is 32.1. The SMILES string of the molecule is C#Cc1ccccc1CN(C(=O)CCNNC(=S)NN)c1ccccc1C. The molecule has 7 heteroatoms. The maximum atomic E-state index is 12.9. The molecule has 6 nitrogen and oxygen atoms in total. The highest BCUT2D eigenvalue weighted by Crippen LogP contribution is 2.23. The fourth-order valence-corrected chi connectivity index (χ4v) is 2.70. The Labute approximate surface area is 165 Å². The van der Waals surface area contributed by atoms with Crippen LogP contribution in [0.3, 0.4) is 0 Å². The second-order valence-electron chi connectivity index (χ2n) is 5.84. The number of benzene rings is 2. The minimum absolute atomic E-state index is 0.0305. The number of amides is 1. The lowest BCUT2D eigenvalue weighted by atomic mass is 10.1. The summed E-state index contributed by atoms with van der Waals surface area (Å²) in [6, 6.07) is 15.4. The molecule has 0 saturated heterocycles. The Balaban J connectivity index is 2.18. The molecule has 0 heterocycles. The van der Waals surface area contributed by atoms with Crippen LogP contribution in [0.1, 0.15) is 23.1 Å². The van der Waals surface area contributed by atoms with Gasteiger partial charge in [-0.25, -0.2) is 11.3 Å².